The molecule has 2 aromatic carbocycles. The number of carbonyl (C=O) groups excluding carboxylic acids is 1. The zero-order valence-corrected chi connectivity index (χ0v) is 46.2. The number of halogens is 5. The first-order chi connectivity index (χ1) is 26.6. The predicted octanol–water partition coefficient (Wildman–Crippen LogP) is 10.3. The van der Waals surface area contributed by atoms with Crippen molar-refractivity contribution < 1.29 is 65.0 Å². The number of furan rings is 2. The molecule has 0 aliphatic carbocycles. The fourth-order valence-corrected chi connectivity index (χ4v) is 6.70. The van der Waals surface area contributed by atoms with Crippen molar-refractivity contribution in [1.82, 2.24) is 20.2 Å². The number of hydrogen-bond acceptors (Lipinski definition) is 7. The van der Waals surface area contributed by atoms with Gasteiger partial charge in [0.2, 0.25) is 5.76 Å². The molecule has 1 saturated heterocycles. The van der Waals surface area contributed by atoms with Gasteiger partial charge in [0.25, 0.3) is 5.91 Å². The quantitative estimate of drug-likeness (QED) is 0.168. The number of carboxylic acid groups (broad SMARTS) is 1. The number of nitrogens with zero attached hydrogens (tertiary/aromatic N) is 3. The van der Waals surface area contributed by atoms with Crippen molar-refractivity contribution in [3.05, 3.63) is 105 Å². The molecule has 4 aromatic heterocycles. The summed E-state index contributed by atoms with van der Waals surface area (Å²) in [7, 11) is 0. The minimum absolute atomic E-state index is 0. The molecule has 1 aliphatic heterocycles. The van der Waals surface area contributed by atoms with E-state index in [-0.39, 0.29) is 89.0 Å². The summed E-state index contributed by atoms with van der Waals surface area (Å²) in [6, 6.07) is 15.8. The van der Waals surface area contributed by atoms with E-state index >= 15 is 0 Å². The Balaban J connectivity index is 0.000000301. The first-order valence-corrected chi connectivity index (χ1v) is 35.5. The Labute approximate surface area is 429 Å². The van der Waals surface area contributed by atoms with Crippen molar-refractivity contribution in [2.75, 3.05) is 19.6 Å². The Bertz CT molecular complexity index is 2490. The zero-order valence-electron chi connectivity index (χ0n) is 34.8. The summed E-state index contributed by atoms with van der Waals surface area (Å²) in [6.45, 7) is 18.3. The van der Waals surface area contributed by atoms with Crippen LogP contribution in [0.1, 0.15) is 87.6 Å². The van der Waals surface area contributed by atoms with Crippen LogP contribution in [0.4, 0.5) is 8.78 Å². The van der Waals surface area contributed by atoms with Gasteiger partial charge in [-0.25, -0.2) is 23.5 Å². The Morgan fingerprint density at radius 3 is 1.59 bits per heavy atom. The molecule has 9 nitrogen and oxygen atoms in total. The van der Waals surface area contributed by atoms with Gasteiger partial charge in [0.1, 0.15) is 22.7 Å². The molecular weight excluding hydrogens is 952 g/mol. The van der Waals surface area contributed by atoms with E-state index in [1.165, 1.54) is 93.5 Å². The van der Waals surface area contributed by atoms with Gasteiger partial charge in [0.15, 0.2) is 16.9 Å². The summed E-state index contributed by atoms with van der Waals surface area (Å²) in [5, 5.41) is 12.6. The van der Waals surface area contributed by atoms with E-state index in [2.05, 4.69) is 36.1 Å². The average Bonchev–Trinajstić information content (AvgIpc) is 3.78. The molecule has 59 heavy (non-hydrogen) atoms. The zero-order chi connectivity index (χ0) is 42.2. The Morgan fingerprint density at radius 2 is 1.20 bits per heavy atom. The Hall–Kier alpha value is -0.173. The summed E-state index contributed by atoms with van der Waals surface area (Å²) in [6.07, 6.45) is 0. The minimum atomic E-state index is -1.16. The van der Waals surface area contributed by atoms with Crippen molar-refractivity contribution in [3.8, 4) is 22.5 Å². The van der Waals surface area contributed by atoms with Crippen LogP contribution in [0.2, 0.25) is 10.0 Å². The molecule has 1 fully saturated rings. The second-order valence-electron chi connectivity index (χ2n) is 16.3. The normalized spacial score (nSPS) is 13.7. The molecule has 0 atom stereocenters. The van der Waals surface area contributed by atoms with Crippen molar-refractivity contribution in [1.29, 1.82) is 0 Å². The third kappa shape index (κ3) is 12.6. The van der Waals surface area contributed by atoms with Crippen molar-refractivity contribution in [2.24, 2.45) is 0 Å². The molecule has 0 bridgehead atoms. The van der Waals surface area contributed by atoms with E-state index < -0.39 is 17.6 Å². The largest absolute Gasteiger partial charge is 0 e. The number of carboxylic acids is 1. The average molecular weight is 995 g/mol. The van der Waals surface area contributed by atoms with E-state index in [1.54, 1.807) is 24.3 Å². The van der Waals surface area contributed by atoms with E-state index in [0.29, 0.717) is 51.3 Å². The third-order valence-corrected chi connectivity index (χ3v) is 10.1. The molecule has 0 saturated carbocycles. The molecule has 1 aliphatic rings. The molecule has 1 amide bonds. The topological polar surface area (TPSA) is 122 Å². The number of aromatic carboxylic acids is 1. The van der Waals surface area contributed by atoms with Crippen LogP contribution in [0.5, 0.6) is 0 Å². The van der Waals surface area contributed by atoms with Gasteiger partial charge in [-0.3, -0.25) is 4.79 Å². The molecule has 5 heterocycles. The number of amides is 1. The number of piperazine rings is 1. The number of nitrogens with one attached hydrogen (secondary N) is 1. The van der Waals surface area contributed by atoms with Crippen LogP contribution in [0, 0.1) is 11.6 Å². The van der Waals surface area contributed by atoms with E-state index in [1.807, 2.05) is 45.6 Å². The maximum absolute atomic E-state index is 14.1. The van der Waals surface area contributed by atoms with Gasteiger partial charge >= 0.3 is 69.1 Å². The molecule has 2 N–H and O–H groups in total. The maximum atomic E-state index is 14.1. The van der Waals surface area contributed by atoms with Gasteiger partial charge in [0.05, 0.1) is 27.0 Å². The fraction of sp³-hybridized carbons (Fsp3) is 0.333. The smallest absolute Gasteiger partial charge is 0 e. The van der Waals surface area contributed by atoms with Gasteiger partial charge in [-0.15, -0.1) is 12.4 Å². The molecular formula is C42H43Cl3F2K2N4O5Y. The van der Waals surface area contributed by atoms with Crippen molar-refractivity contribution >= 4 is 133 Å². The summed E-state index contributed by atoms with van der Waals surface area (Å²) < 4.78 is 39.4. The number of fused-ring (bicyclic) bond motifs is 2. The number of hydrogen-bond donors (Lipinski definition) is 2. The minimum Gasteiger partial charge on any atom is 0 e. The SMILES string of the molecule is CC(C)(C)c1cc(-c2ccc(Cl)c(F)c2)nc2cc(C(=O)N3CCNCC3(C)C)oc12.CC(C)(C)c1cc(-c2ccc(Cl)c(F)c2)nc2cc(C(=O)O)oc12.Cl.[K][K].[Y]. The van der Waals surface area contributed by atoms with Crippen molar-refractivity contribution in [3.63, 3.8) is 0 Å². The molecule has 1 radical (unpaired) electrons. The van der Waals surface area contributed by atoms with E-state index in [4.69, 9.17) is 37.1 Å². The number of pyridine rings is 2. The van der Waals surface area contributed by atoms with Gasteiger partial charge in [-0.2, -0.15) is 0 Å². The van der Waals surface area contributed by atoms with Crippen LogP contribution in [0.15, 0.2) is 69.5 Å². The monoisotopic (exact) mass is 993 g/mol. The van der Waals surface area contributed by atoms with E-state index in [9.17, 15) is 18.4 Å². The fourth-order valence-electron chi connectivity index (χ4n) is 6.47. The first-order valence-electron chi connectivity index (χ1n) is 18.7. The molecule has 0 unspecified atom stereocenters. The second kappa shape index (κ2) is 21.7. The summed E-state index contributed by atoms with van der Waals surface area (Å²) >= 11 is 14.1. The summed E-state index contributed by atoms with van der Waals surface area (Å²) in [5.74, 6) is -2.26. The van der Waals surface area contributed by atoms with Crippen LogP contribution in [0.3, 0.4) is 0 Å². The van der Waals surface area contributed by atoms with Crippen LogP contribution in [-0.4, -0.2) is 120 Å². The van der Waals surface area contributed by atoms with Gasteiger partial charge in [-0.05, 0) is 61.1 Å². The Morgan fingerprint density at radius 1 is 0.780 bits per heavy atom. The molecule has 17 heteroatoms. The number of rotatable bonds is 4. The third-order valence-electron chi connectivity index (χ3n) is 9.47. The second-order valence-corrected chi connectivity index (χ2v) is 17.1. The molecule has 7 rings (SSSR count). The number of carbonyl (C=O) groups is 2. The van der Waals surface area contributed by atoms with Crippen LogP contribution >= 0.6 is 35.6 Å². The summed E-state index contributed by atoms with van der Waals surface area (Å²) in [4.78, 5) is 35.4. The Kier molecular flexibility index (Phi) is 19.5. The number of benzene rings is 2. The maximum Gasteiger partial charge on any atom is 0 e. The van der Waals surface area contributed by atoms with Gasteiger partial charge < -0.3 is 24.2 Å². The number of aromatic nitrogens is 2. The van der Waals surface area contributed by atoms with Crippen LogP contribution in [0.25, 0.3) is 44.7 Å². The van der Waals surface area contributed by atoms with E-state index in [0.717, 1.165) is 24.2 Å². The van der Waals surface area contributed by atoms with Crippen LogP contribution < -0.4 is 5.32 Å². The van der Waals surface area contributed by atoms with Gasteiger partial charge in [0, 0.05) is 86.7 Å². The standard InChI is InChI=1S/C24H27ClFN3O2.C18H15ClFNO3.ClH.2K.Y/c1-23(2,3)15-11-18(14-6-7-16(25)17(26)10-14)28-19-12-20(31-21(15)19)22(30)29-9-8-27-13-24(29,4)5;1-18(2,3)10-7-13(9-4-5-11(19)12(20)6-9)21-14-8-15(17(22)23)24-16(10)14;;;;/h6-7,10-12,27H,8-9,13H2,1-5H3;4-8H,1-3H3,(H,22,23);1H;;;. The first kappa shape index (κ1) is 53.2. The van der Waals surface area contributed by atoms with Crippen molar-refractivity contribution in [2.45, 2.75) is 71.8 Å². The predicted molar refractivity (Wildman–Crippen MR) is 230 cm³/mol. The summed E-state index contributed by atoms with van der Waals surface area (Å²) in [5.41, 5.74) is 5.12. The molecule has 6 aromatic rings. The molecule has 301 valence electrons. The van der Waals surface area contributed by atoms with Crippen LogP contribution in [-0.2, 0) is 43.5 Å². The van der Waals surface area contributed by atoms with Gasteiger partial charge in [-0.1, -0.05) is 76.9 Å². The molecule has 0 spiro atoms.